The predicted molar refractivity (Wildman–Crippen MR) is 146 cm³/mol. The molecule has 0 bridgehead atoms. The Hall–Kier alpha value is -0.846. The van der Waals surface area contributed by atoms with Crippen LogP contribution in [0, 0.1) is 58.4 Å². The van der Waals surface area contributed by atoms with Gasteiger partial charge in [0, 0.05) is 11.8 Å². The van der Waals surface area contributed by atoms with E-state index in [0.717, 1.165) is 12.8 Å². The third-order valence-corrected chi connectivity index (χ3v) is 8.85. The number of rotatable bonds is 4. The van der Waals surface area contributed by atoms with Crippen molar-refractivity contribution in [3.8, 4) is 22.9 Å². The van der Waals surface area contributed by atoms with E-state index in [1.807, 2.05) is 0 Å². The minimum Gasteiger partial charge on any atom is -0.191 e. The molecule has 2 nitrogen and oxygen atoms in total. The molecular weight excluding hydrogens is 420 g/mol. The van der Waals surface area contributed by atoms with Crippen LogP contribution in [-0.2, 0) is 0 Å². The average molecular weight is 471 g/mol. The summed E-state index contributed by atoms with van der Waals surface area (Å²) in [5.41, 5.74) is 7.24. The molecule has 2 fully saturated rings. The number of nitrogens with zero attached hydrogens (tertiary/aromatic N) is 2. The maximum Gasteiger partial charge on any atom is 0.129 e. The van der Waals surface area contributed by atoms with Gasteiger partial charge in [-0.25, -0.2) is 0 Å². The predicted octanol–water partition coefficient (Wildman–Crippen LogP) is 8.08. The summed E-state index contributed by atoms with van der Waals surface area (Å²) in [4.78, 5) is 0. The maximum absolute atomic E-state index is 5.12. The zero-order chi connectivity index (χ0) is 24.1. The third kappa shape index (κ3) is 9.19. The molecule has 2 unspecified atom stereocenters. The molecule has 0 aromatic rings. The van der Waals surface area contributed by atoms with E-state index in [-0.39, 0.29) is 0 Å². The summed E-state index contributed by atoms with van der Waals surface area (Å²) < 4.78 is 0. The fraction of sp³-hybridized carbons (Fsp3) is 0.857. The van der Waals surface area contributed by atoms with Gasteiger partial charge in [0.05, 0.1) is 12.1 Å². The lowest BCUT2D eigenvalue weighted by Crippen LogP contribution is -2.41. The van der Waals surface area contributed by atoms with Crippen molar-refractivity contribution < 1.29 is 0 Å². The van der Waals surface area contributed by atoms with Crippen molar-refractivity contribution in [2.75, 3.05) is 0 Å². The minimum atomic E-state index is -1.33. The van der Waals surface area contributed by atoms with Crippen LogP contribution < -0.4 is 0 Å². The Morgan fingerprint density at radius 1 is 0.625 bits per heavy atom. The summed E-state index contributed by atoms with van der Waals surface area (Å²) in [6.07, 6.45) is 7.10. The van der Waals surface area contributed by atoms with Gasteiger partial charge in [-0.05, 0) is 62.2 Å². The van der Waals surface area contributed by atoms with Crippen molar-refractivity contribution in [3.05, 3.63) is 0 Å². The molecule has 2 aliphatic carbocycles. The molecule has 0 aliphatic heterocycles. The highest BCUT2D eigenvalue weighted by Gasteiger charge is 2.40. The molecule has 0 spiro atoms. The Kier molecular flexibility index (Phi) is 9.87. The number of hydrogen-bond acceptors (Lipinski definition) is 2. The second-order valence-corrected chi connectivity index (χ2v) is 22.7. The quantitative estimate of drug-likeness (QED) is 0.225. The first-order valence-electron chi connectivity index (χ1n) is 13.2. The summed E-state index contributed by atoms with van der Waals surface area (Å²) in [7, 11) is -2.59. The first kappa shape index (κ1) is 27.4. The van der Waals surface area contributed by atoms with E-state index in [1.165, 1.54) is 25.7 Å². The SMILES string of the molecule is CC(C)C1CC(C#C[Si](C)(C)C)CC(C(C)C)C1N=NC1CCC(C#C[Si](C)(C)C)CC1. The van der Waals surface area contributed by atoms with Gasteiger partial charge in [0.1, 0.15) is 16.1 Å². The Bertz CT molecular complexity index is 723. The zero-order valence-electron chi connectivity index (χ0n) is 22.8. The Morgan fingerprint density at radius 2 is 1.06 bits per heavy atom. The van der Waals surface area contributed by atoms with Gasteiger partial charge in [-0.1, -0.05) is 67.0 Å². The van der Waals surface area contributed by atoms with Crippen LogP contribution in [0.15, 0.2) is 10.2 Å². The molecule has 0 N–H and O–H groups in total. The van der Waals surface area contributed by atoms with Crippen LogP contribution in [0.3, 0.4) is 0 Å². The van der Waals surface area contributed by atoms with Gasteiger partial charge in [0.2, 0.25) is 0 Å². The number of hydrogen-bond donors (Lipinski definition) is 0. The highest BCUT2D eigenvalue weighted by molar-refractivity contribution is 6.84. The van der Waals surface area contributed by atoms with Gasteiger partial charge in [-0.3, -0.25) is 0 Å². The van der Waals surface area contributed by atoms with E-state index in [9.17, 15) is 0 Å². The molecule has 0 heterocycles. The first-order chi connectivity index (χ1) is 14.7. The van der Waals surface area contributed by atoms with Crippen molar-refractivity contribution in [1.82, 2.24) is 0 Å². The summed E-state index contributed by atoms with van der Waals surface area (Å²) in [5.74, 6) is 10.9. The highest BCUT2D eigenvalue weighted by atomic mass is 28.3. The van der Waals surface area contributed by atoms with Gasteiger partial charge >= 0.3 is 0 Å². The molecule has 4 heteroatoms. The molecule has 0 aromatic heterocycles. The van der Waals surface area contributed by atoms with Gasteiger partial charge in [0.25, 0.3) is 0 Å². The monoisotopic (exact) mass is 470 g/mol. The van der Waals surface area contributed by atoms with E-state index in [1.54, 1.807) is 0 Å². The van der Waals surface area contributed by atoms with Gasteiger partial charge in [-0.15, -0.1) is 22.9 Å². The van der Waals surface area contributed by atoms with Crippen molar-refractivity contribution in [2.24, 2.45) is 45.7 Å². The third-order valence-electron chi connectivity index (χ3n) is 7.07. The lowest BCUT2D eigenvalue weighted by Gasteiger charge is -2.42. The summed E-state index contributed by atoms with van der Waals surface area (Å²) in [6.45, 7) is 23.6. The highest BCUT2D eigenvalue weighted by Crippen LogP contribution is 2.43. The summed E-state index contributed by atoms with van der Waals surface area (Å²) in [5, 5.41) is 10.1. The average Bonchev–Trinajstić information content (AvgIpc) is 2.68. The lowest BCUT2D eigenvalue weighted by molar-refractivity contribution is 0.113. The van der Waals surface area contributed by atoms with Crippen LogP contribution in [0.2, 0.25) is 39.3 Å². The molecule has 2 saturated carbocycles. The Balaban J connectivity index is 2.08. The van der Waals surface area contributed by atoms with E-state index in [2.05, 4.69) is 89.9 Å². The standard InChI is InChI=1S/C28H50N2Si2/c1-21(2)26-19-24(16-18-32(8,9)10)20-27(22(3)4)28(26)30-29-25-13-11-23(12-14-25)15-17-31(5,6)7/h21-28H,11-14,19-20H2,1-10H3. The normalized spacial score (nSPS) is 31.9. The zero-order valence-corrected chi connectivity index (χ0v) is 24.8. The maximum atomic E-state index is 5.12. The largest absolute Gasteiger partial charge is 0.191 e. The van der Waals surface area contributed by atoms with E-state index in [0.29, 0.717) is 47.6 Å². The lowest BCUT2D eigenvalue weighted by atomic mass is 9.65. The van der Waals surface area contributed by atoms with Crippen LogP contribution in [0.4, 0.5) is 0 Å². The van der Waals surface area contributed by atoms with Crippen LogP contribution in [0.5, 0.6) is 0 Å². The molecule has 2 atom stereocenters. The summed E-state index contributed by atoms with van der Waals surface area (Å²) in [6, 6.07) is 0.772. The molecule has 0 saturated heterocycles. The molecule has 0 amide bonds. The van der Waals surface area contributed by atoms with E-state index in [4.69, 9.17) is 10.2 Å². The second-order valence-electron chi connectivity index (χ2n) is 13.2. The van der Waals surface area contributed by atoms with Crippen LogP contribution in [0.1, 0.15) is 66.2 Å². The Morgan fingerprint density at radius 3 is 1.47 bits per heavy atom. The van der Waals surface area contributed by atoms with Gasteiger partial charge in [0.15, 0.2) is 0 Å². The molecular formula is C28H50N2Si2. The minimum absolute atomic E-state index is 0.365. The van der Waals surface area contributed by atoms with Gasteiger partial charge in [-0.2, -0.15) is 10.2 Å². The van der Waals surface area contributed by atoms with Crippen LogP contribution in [-0.4, -0.2) is 28.2 Å². The van der Waals surface area contributed by atoms with Crippen molar-refractivity contribution in [1.29, 1.82) is 0 Å². The van der Waals surface area contributed by atoms with Crippen LogP contribution in [0.25, 0.3) is 0 Å². The van der Waals surface area contributed by atoms with Gasteiger partial charge < -0.3 is 0 Å². The molecule has 0 aromatic carbocycles. The van der Waals surface area contributed by atoms with Crippen molar-refractivity contribution in [3.63, 3.8) is 0 Å². The van der Waals surface area contributed by atoms with Crippen molar-refractivity contribution >= 4 is 16.1 Å². The molecule has 180 valence electrons. The number of azo groups is 1. The molecule has 0 radical (unpaired) electrons. The smallest absolute Gasteiger partial charge is 0.129 e. The topological polar surface area (TPSA) is 24.7 Å². The van der Waals surface area contributed by atoms with E-state index >= 15 is 0 Å². The summed E-state index contributed by atoms with van der Waals surface area (Å²) >= 11 is 0. The molecule has 2 rings (SSSR count). The van der Waals surface area contributed by atoms with Crippen LogP contribution >= 0.6 is 0 Å². The second kappa shape index (κ2) is 11.5. The Labute approximate surface area is 202 Å². The first-order valence-corrected chi connectivity index (χ1v) is 20.2. The molecule has 2 aliphatic rings. The fourth-order valence-electron chi connectivity index (χ4n) is 5.12. The molecule has 32 heavy (non-hydrogen) atoms. The van der Waals surface area contributed by atoms with Crippen molar-refractivity contribution in [2.45, 2.75) is 118 Å². The fourth-order valence-corrected chi connectivity index (χ4v) is 6.39. The van der Waals surface area contributed by atoms with E-state index < -0.39 is 16.1 Å².